The van der Waals surface area contributed by atoms with Gasteiger partial charge < -0.3 is 14.6 Å². The smallest absolute Gasteiger partial charge is 0.422 e. The number of ether oxygens (including phenoxy) is 2. The van der Waals surface area contributed by atoms with E-state index in [0.717, 1.165) is 5.56 Å². The Kier molecular flexibility index (Phi) is 6.74. The Morgan fingerprint density at radius 3 is 2.69 bits per heavy atom. The van der Waals surface area contributed by atoms with E-state index in [1.807, 2.05) is 0 Å². The van der Waals surface area contributed by atoms with Crippen LogP contribution in [0.25, 0.3) is 10.9 Å². The first-order valence-electron chi connectivity index (χ1n) is 11.1. The summed E-state index contributed by atoms with van der Waals surface area (Å²) in [6, 6.07) is 10.9. The van der Waals surface area contributed by atoms with Crippen LogP contribution in [0, 0.1) is 0 Å². The SMILES string of the molecule is COC(=O)c1ccc2c(/N=C/C(O)(CC(C)(C)c3cc(Cl)cc4c3OCC4)C(F)(F)F)cccc2n1. The predicted octanol–water partition coefficient (Wildman–Crippen LogP) is 5.97. The number of esters is 1. The zero-order valence-electron chi connectivity index (χ0n) is 19.8. The molecule has 4 rings (SSSR count). The summed E-state index contributed by atoms with van der Waals surface area (Å²) in [4.78, 5) is 20.0. The number of aromatic nitrogens is 1. The van der Waals surface area contributed by atoms with E-state index < -0.39 is 29.6 Å². The van der Waals surface area contributed by atoms with Gasteiger partial charge >= 0.3 is 12.1 Å². The molecule has 1 atom stereocenters. The number of nitrogens with zero attached hydrogens (tertiary/aromatic N) is 2. The van der Waals surface area contributed by atoms with E-state index in [2.05, 4.69) is 14.7 Å². The molecule has 0 saturated carbocycles. The molecular weight excluding hydrogens is 497 g/mol. The van der Waals surface area contributed by atoms with Gasteiger partial charge in [-0.1, -0.05) is 31.5 Å². The quantitative estimate of drug-likeness (QED) is 0.320. The van der Waals surface area contributed by atoms with Crippen molar-refractivity contribution in [3.8, 4) is 5.75 Å². The number of carbonyl (C=O) groups excluding carboxylic acids is 1. The monoisotopic (exact) mass is 520 g/mol. The van der Waals surface area contributed by atoms with Gasteiger partial charge in [0.2, 0.25) is 0 Å². The maximum Gasteiger partial charge on any atom is 0.422 e. The number of fused-ring (bicyclic) bond motifs is 2. The second-order valence-electron chi connectivity index (χ2n) is 9.31. The number of alkyl halides is 3. The summed E-state index contributed by atoms with van der Waals surface area (Å²) >= 11 is 6.23. The molecule has 10 heteroatoms. The molecule has 0 saturated heterocycles. The van der Waals surface area contributed by atoms with Crippen molar-refractivity contribution < 1.29 is 32.5 Å². The largest absolute Gasteiger partial charge is 0.493 e. The van der Waals surface area contributed by atoms with Gasteiger partial charge in [-0.25, -0.2) is 9.78 Å². The van der Waals surface area contributed by atoms with Gasteiger partial charge in [0.05, 0.1) is 24.9 Å². The highest BCUT2D eigenvalue weighted by Crippen LogP contribution is 2.46. The molecule has 3 aromatic rings. The summed E-state index contributed by atoms with van der Waals surface area (Å²) in [5.74, 6) is -0.136. The molecule has 2 heterocycles. The Morgan fingerprint density at radius 2 is 2.00 bits per heavy atom. The van der Waals surface area contributed by atoms with Crippen molar-refractivity contribution in [2.45, 2.75) is 43.9 Å². The lowest BCUT2D eigenvalue weighted by Gasteiger charge is -2.36. The molecule has 1 unspecified atom stereocenters. The van der Waals surface area contributed by atoms with E-state index in [1.54, 1.807) is 38.1 Å². The highest BCUT2D eigenvalue weighted by Gasteiger charge is 2.55. The van der Waals surface area contributed by atoms with Crippen molar-refractivity contribution in [2.24, 2.45) is 4.99 Å². The minimum atomic E-state index is -5.02. The van der Waals surface area contributed by atoms with Gasteiger partial charge in [-0.05, 0) is 53.8 Å². The molecule has 36 heavy (non-hydrogen) atoms. The number of halogens is 4. The van der Waals surface area contributed by atoms with Crippen molar-refractivity contribution in [3.05, 3.63) is 64.3 Å². The summed E-state index contributed by atoms with van der Waals surface area (Å²) in [5, 5.41) is 11.7. The maximum atomic E-state index is 14.2. The average Bonchev–Trinajstić information content (AvgIpc) is 3.28. The number of hydrogen-bond donors (Lipinski definition) is 1. The fourth-order valence-corrected chi connectivity index (χ4v) is 4.65. The molecule has 0 bridgehead atoms. The second kappa shape index (κ2) is 9.37. The van der Waals surface area contributed by atoms with Gasteiger partial charge in [0, 0.05) is 28.6 Å². The highest BCUT2D eigenvalue weighted by molar-refractivity contribution is 6.30. The van der Waals surface area contributed by atoms with E-state index in [-0.39, 0.29) is 11.4 Å². The number of hydrogen-bond acceptors (Lipinski definition) is 6. The third-order valence-corrected chi connectivity index (χ3v) is 6.42. The van der Waals surface area contributed by atoms with Crippen LogP contribution in [0.4, 0.5) is 18.9 Å². The third kappa shape index (κ3) is 4.90. The van der Waals surface area contributed by atoms with E-state index in [1.165, 1.54) is 25.3 Å². The molecule has 6 nitrogen and oxygen atoms in total. The van der Waals surface area contributed by atoms with E-state index in [9.17, 15) is 23.1 Å². The van der Waals surface area contributed by atoms with Crippen LogP contribution in [-0.4, -0.2) is 47.8 Å². The lowest BCUT2D eigenvalue weighted by Crippen LogP contribution is -2.50. The minimum Gasteiger partial charge on any atom is -0.493 e. The fraction of sp³-hybridized carbons (Fsp3) is 0.346. The Bertz CT molecular complexity index is 1360. The first-order chi connectivity index (χ1) is 16.8. The number of benzene rings is 2. The number of rotatable bonds is 6. The van der Waals surface area contributed by atoms with Crippen molar-refractivity contribution in [2.75, 3.05) is 13.7 Å². The standard InChI is InChI=1S/C26H24ClF3N2O4/c1-24(2,18-12-16(27)11-15-9-10-36-22(15)18)13-25(34,26(28,29)30)14-31-19-5-4-6-20-17(19)7-8-21(32-20)23(33)35-3/h4-8,11-12,14,34H,9-10,13H2,1-3H3/b31-14+. The molecule has 190 valence electrons. The molecule has 1 aliphatic heterocycles. The molecule has 0 spiro atoms. The zero-order chi connectivity index (χ0) is 26.3. The molecule has 0 aliphatic carbocycles. The van der Waals surface area contributed by atoms with E-state index in [0.29, 0.717) is 46.5 Å². The van der Waals surface area contributed by atoms with Crippen molar-refractivity contribution in [1.29, 1.82) is 0 Å². The van der Waals surface area contributed by atoms with Crippen LogP contribution in [0.1, 0.15) is 41.9 Å². The summed E-state index contributed by atoms with van der Waals surface area (Å²) in [6.45, 7) is 3.61. The molecule has 0 radical (unpaired) electrons. The molecule has 2 aromatic carbocycles. The summed E-state index contributed by atoms with van der Waals surface area (Å²) in [7, 11) is 1.22. The van der Waals surface area contributed by atoms with Crippen molar-refractivity contribution >= 4 is 40.4 Å². The lowest BCUT2D eigenvalue weighted by molar-refractivity contribution is -0.234. The van der Waals surface area contributed by atoms with Crippen molar-refractivity contribution in [3.63, 3.8) is 0 Å². The molecular formula is C26H24ClF3N2O4. The average molecular weight is 521 g/mol. The normalized spacial score (nSPS) is 15.6. The van der Waals surface area contributed by atoms with E-state index in [4.69, 9.17) is 16.3 Å². The Labute approximate surface area is 210 Å². The Balaban J connectivity index is 1.72. The van der Waals surface area contributed by atoms with Gasteiger partial charge in [-0.2, -0.15) is 13.2 Å². The molecule has 0 fully saturated rings. The second-order valence-corrected chi connectivity index (χ2v) is 9.75. The molecule has 1 N–H and O–H groups in total. The van der Waals surface area contributed by atoms with Crippen LogP contribution in [0.15, 0.2) is 47.5 Å². The number of aliphatic imine (C=N–C) groups is 1. The maximum absolute atomic E-state index is 14.2. The first-order valence-corrected chi connectivity index (χ1v) is 11.5. The number of carbonyl (C=O) groups is 1. The van der Waals surface area contributed by atoms with Crippen molar-refractivity contribution in [1.82, 2.24) is 4.98 Å². The van der Waals surface area contributed by atoms with Crippen LogP contribution in [0.5, 0.6) is 5.75 Å². The van der Waals surface area contributed by atoms with Gasteiger partial charge in [0.1, 0.15) is 11.4 Å². The lowest BCUT2D eigenvalue weighted by atomic mass is 9.74. The third-order valence-electron chi connectivity index (χ3n) is 6.20. The topological polar surface area (TPSA) is 81.0 Å². The van der Waals surface area contributed by atoms with Crippen LogP contribution >= 0.6 is 11.6 Å². The predicted molar refractivity (Wildman–Crippen MR) is 131 cm³/mol. The fourth-order valence-electron chi connectivity index (χ4n) is 4.41. The Hall–Kier alpha value is -3.17. The molecule has 1 aliphatic rings. The number of methoxy groups -OCH3 is 1. The highest BCUT2D eigenvalue weighted by atomic mass is 35.5. The summed E-state index contributed by atoms with van der Waals surface area (Å²) in [6.07, 6.45) is -4.62. The van der Waals surface area contributed by atoms with Gasteiger partial charge in [-0.15, -0.1) is 0 Å². The molecule has 1 aromatic heterocycles. The zero-order valence-corrected chi connectivity index (χ0v) is 20.6. The van der Waals surface area contributed by atoms with Gasteiger partial charge in [0.25, 0.3) is 0 Å². The molecule has 0 amide bonds. The summed E-state index contributed by atoms with van der Waals surface area (Å²) in [5.41, 5.74) is -2.57. The first kappa shape index (κ1) is 25.9. The van der Waals surface area contributed by atoms with Crippen LogP contribution < -0.4 is 4.74 Å². The van der Waals surface area contributed by atoms with E-state index >= 15 is 0 Å². The Morgan fingerprint density at radius 1 is 1.25 bits per heavy atom. The minimum absolute atomic E-state index is 0.0518. The van der Waals surface area contributed by atoms with Gasteiger partial charge in [0.15, 0.2) is 5.60 Å². The van der Waals surface area contributed by atoms with Gasteiger partial charge in [-0.3, -0.25) is 4.99 Å². The number of pyridine rings is 1. The number of aliphatic hydroxyl groups is 1. The van der Waals surface area contributed by atoms with Crippen LogP contribution in [0.3, 0.4) is 0 Å². The van der Waals surface area contributed by atoms with Crippen LogP contribution in [-0.2, 0) is 16.6 Å². The summed E-state index contributed by atoms with van der Waals surface area (Å²) < 4.78 is 53.1. The van der Waals surface area contributed by atoms with Crippen LogP contribution in [0.2, 0.25) is 5.02 Å².